The molecule has 0 unspecified atom stereocenters. The number of rotatable bonds is 6. The van der Waals surface area contributed by atoms with Gasteiger partial charge in [0.15, 0.2) is 5.78 Å². The van der Waals surface area contributed by atoms with Crippen LogP contribution in [-0.2, 0) is 0 Å². The van der Waals surface area contributed by atoms with E-state index in [0.29, 0.717) is 10.6 Å². The van der Waals surface area contributed by atoms with Crippen molar-refractivity contribution in [3.8, 4) is 5.75 Å². The van der Waals surface area contributed by atoms with Crippen LogP contribution in [0.15, 0.2) is 24.3 Å². The van der Waals surface area contributed by atoms with Gasteiger partial charge in [-0.25, -0.2) is 0 Å². The number of thioether (sulfide) groups is 1. The number of carbonyl (C=O) groups is 1. The topological polar surface area (TPSA) is 40.5 Å². The molecule has 19 heavy (non-hydrogen) atoms. The number of hydrogen-bond acceptors (Lipinski definition) is 5. The fourth-order valence-corrected chi connectivity index (χ4v) is 3.79. The number of hydrogen-bond donors (Lipinski definition) is 1. The average molecular weight is 295 g/mol. The van der Waals surface area contributed by atoms with Gasteiger partial charge in [0.2, 0.25) is 0 Å². The maximum absolute atomic E-state index is 12.1. The second kappa shape index (κ2) is 6.41. The molecular weight excluding hydrogens is 278 g/mol. The van der Waals surface area contributed by atoms with Crippen molar-refractivity contribution < 1.29 is 9.90 Å². The molecule has 2 aromatic rings. The Hall–Kier alpha value is -1.04. The van der Waals surface area contributed by atoms with Gasteiger partial charge in [0.25, 0.3) is 0 Å². The van der Waals surface area contributed by atoms with Crippen LogP contribution in [0.25, 0.3) is 10.1 Å². The molecule has 2 rings (SSSR count). The Balaban J connectivity index is 2.03. The molecule has 1 N–H and O–H groups in total. The van der Waals surface area contributed by atoms with Crippen LogP contribution in [0.5, 0.6) is 5.75 Å². The SMILES string of the molecule is CN(C)CCSCC(=O)c1sc2ccccc2c1O. The zero-order valence-electron chi connectivity index (χ0n) is 11.0. The lowest BCUT2D eigenvalue weighted by Crippen LogP contribution is -2.15. The van der Waals surface area contributed by atoms with E-state index in [1.807, 2.05) is 38.4 Å². The Morgan fingerprint density at radius 2 is 2.11 bits per heavy atom. The highest BCUT2D eigenvalue weighted by Crippen LogP contribution is 2.37. The van der Waals surface area contributed by atoms with Crippen LogP contribution in [0.3, 0.4) is 0 Å². The second-order valence-corrected chi connectivity index (χ2v) is 6.71. The van der Waals surface area contributed by atoms with E-state index in [2.05, 4.69) is 4.90 Å². The first-order valence-electron chi connectivity index (χ1n) is 6.05. The van der Waals surface area contributed by atoms with E-state index in [9.17, 15) is 9.90 Å². The summed E-state index contributed by atoms with van der Waals surface area (Å²) in [5, 5.41) is 10.8. The third kappa shape index (κ3) is 3.49. The first-order chi connectivity index (χ1) is 9.09. The summed E-state index contributed by atoms with van der Waals surface area (Å²) in [6.07, 6.45) is 0. The number of ketones is 1. The molecule has 0 amide bonds. The monoisotopic (exact) mass is 295 g/mol. The number of fused-ring (bicyclic) bond motifs is 1. The molecule has 0 aliphatic carbocycles. The molecule has 1 aromatic heterocycles. The van der Waals surface area contributed by atoms with Crippen molar-refractivity contribution >= 4 is 39.0 Å². The smallest absolute Gasteiger partial charge is 0.186 e. The highest BCUT2D eigenvalue weighted by molar-refractivity contribution is 8.00. The van der Waals surface area contributed by atoms with E-state index in [1.54, 1.807) is 11.8 Å². The Bertz CT molecular complexity index is 578. The fraction of sp³-hybridized carbons (Fsp3) is 0.357. The molecule has 0 fully saturated rings. The lowest BCUT2D eigenvalue weighted by atomic mass is 10.2. The summed E-state index contributed by atoms with van der Waals surface area (Å²) in [4.78, 5) is 14.7. The third-order valence-corrected chi connectivity index (χ3v) is 4.88. The highest BCUT2D eigenvalue weighted by Gasteiger charge is 2.17. The lowest BCUT2D eigenvalue weighted by Gasteiger charge is -2.07. The minimum Gasteiger partial charge on any atom is -0.506 e. The zero-order valence-corrected chi connectivity index (χ0v) is 12.7. The highest BCUT2D eigenvalue weighted by atomic mass is 32.2. The second-order valence-electron chi connectivity index (χ2n) is 4.55. The summed E-state index contributed by atoms with van der Waals surface area (Å²) < 4.78 is 0.960. The van der Waals surface area contributed by atoms with Crippen molar-refractivity contribution in [1.82, 2.24) is 4.90 Å². The van der Waals surface area contributed by atoms with Gasteiger partial charge in [-0.3, -0.25) is 4.79 Å². The molecule has 0 bridgehead atoms. The van der Waals surface area contributed by atoms with Gasteiger partial charge in [0.05, 0.1) is 5.75 Å². The van der Waals surface area contributed by atoms with Crippen LogP contribution in [0.4, 0.5) is 0 Å². The molecule has 0 aliphatic heterocycles. The lowest BCUT2D eigenvalue weighted by molar-refractivity contribution is 0.102. The van der Waals surface area contributed by atoms with Crippen molar-refractivity contribution in [3.63, 3.8) is 0 Å². The van der Waals surface area contributed by atoms with Gasteiger partial charge in [-0.2, -0.15) is 11.8 Å². The summed E-state index contributed by atoms with van der Waals surface area (Å²) in [5.74, 6) is 1.50. The van der Waals surface area contributed by atoms with Gasteiger partial charge in [0, 0.05) is 22.4 Å². The van der Waals surface area contributed by atoms with Gasteiger partial charge >= 0.3 is 0 Å². The van der Waals surface area contributed by atoms with Crippen molar-refractivity contribution in [2.75, 3.05) is 32.1 Å². The fourth-order valence-electron chi connectivity index (χ4n) is 1.70. The quantitative estimate of drug-likeness (QED) is 0.657. The first kappa shape index (κ1) is 14.4. The molecule has 102 valence electrons. The summed E-state index contributed by atoms with van der Waals surface area (Å²) in [7, 11) is 4.03. The van der Waals surface area contributed by atoms with Crippen LogP contribution >= 0.6 is 23.1 Å². The van der Waals surface area contributed by atoms with Crippen LogP contribution in [0.1, 0.15) is 9.67 Å². The van der Waals surface area contributed by atoms with Crippen molar-refractivity contribution in [3.05, 3.63) is 29.1 Å². The number of benzene rings is 1. The molecule has 5 heteroatoms. The average Bonchev–Trinajstić information content (AvgIpc) is 2.72. The molecule has 0 saturated heterocycles. The predicted molar refractivity (Wildman–Crippen MR) is 83.7 cm³/mol. The maximum Gasteiger partial charge on any atom is 0.186 e. The Labute approximate surface area is 121 Å². The summed E-state index contributed by atoms with van der Waals surface area (Å²) >= 11 is 2.98. The van der Waals surface area contributed by atoms with Crippen LogP contribution in [0.2, 0.25) is 0 Å². The third-order valence-electron chi connectivity index (χ3n) is 2.74. The Morgan fingerprint density at radius 3 is 2.79 bits per heavy atom. The minimum atomic E-state index is 0.0162. The molecule has 0 saturated carbocycles. The first-order valence-corrected chi connectivity index (χ1v) is 8.03. The summed E-state index contributed by atoms with van der Waals surface area (Å²) in [6, 6.07) is 7.56. The Morgan fingerprint density at radius 1 is 1.37 bits per heavy atom. The zero-order chi connectivity index (χ0) is 13.8. The molecule has 0 spiro atoms. The van der Waals surface area contributed by atoms with Gasteiger partial charge in [-0.05, 0) is 26.2 Å². The maximum atomic E-state index is 12.1. The molecule has 0 radical (unpaired) electrons. The molecule has 3 nitrogen and oxygen atoms in total. The minimum absolute atomic E-state index is 0.0162. The summed E-state index contributed by atoms with van der Waals surface area (Å²) in [5.41, 5.74) is 0. The van der Waals surface area contributed by atoms with E-state index >= 15 is 0 Å². The van der Waals surface area contributed by atoms with Crippen molar-refractivity contribution in [1.29, 1.82) is 0 Å². The number of thiophene rings is 1. The molecule has 0 aliphatic rings. The molecule has 0 atom stereocenters. The van der Waals surface area contributed by atoms with Gasteiger partial charge in [-0.1, -0.05) is 12.1 Å². The van der Waals surface area contributed by atoms with Crippen LogP contribution in [-0.4, -0.2) is 47.9 Å². The predicted octanol–water partition coefficient (Wildman–Crippen LogP) is 3.08. The van der Waals surface area contributed by atoms with Gasteiger partial charge in [-0.15, -0.1) is 11.3 Å². The van der Waals surface area contributed by atoms with E-state index in [-0.39, 0.29) is 11.5 Å². The van der Waals surface area contributed by atoms with E-state index in [0.717, 1.165) is 22.4 Å². The van der Waals surface area contributed by atoms with Crippen molar-refractivity contribution in [2.24, 2.45) is 0 Å². The standard InChI is InChI=1S/C14H17NO2S2/c1-15(2)7-8-18-9-11(16)14-13(17)10-5-3-4-6-12(10)19-14/h3-6,17H,7-9H2,1-2H3. The number of carbonyl (C=O) groups excluding carboxylic acids is 1. The number of aromatic hydroxyl groups is 1. The van der Waals surface area contributed by atoms with E-state index in [4.69, 9.17) is 0 Å². The van der Waals surface area contributed by atoms with Crippen molar-refractivity contribution in [2.45, 2.75) is 0 Å². The van der Waals surface area contributed by atoms with E-state index in [1.165, 1.54) is 11.3 Å². The van der Waals surface area contributed by atoms with Crippen LogP contribution in [0, 0.1) is 0 Å². The Kier molecular flexibility index (Phi) is 4.85. The largest absolute Gasteiger partial charge is 0.506 e. The normalized spacial score (nSPS) is 11.3. The van der Waals surface area contributed by atoms with Gasteiger partial charge in [0.1, 0.15) is 10.6 Å². The van der Waals surface area contributed by atoms with Crippen LogP contribution < -0.4 is 0 Å². The molecule has 1 aromatic carbocycles. The number of nitrogens with zero attached hydrogens (tertiary/aromatic N) is 1. The van der Waals surface area contributed by atoms with Gasteiger partial charge < -0.3 is 10.0 Å². The summed E-state index contributed by atoms with van der Waals surface area (Å²) in [6.45, 7) is 0.955. The number of Topliss-reactive ketones (excluding diaryl/α,β-unsaturated/α-hetero) is 1. The molecular formula is C14H17NO2S2. The molecule has 1 heterocycles. The van der Waals surface area contributed by atoms with E-state index < -0.39 is 0 Å².